The summed E-state index contributed by atoms with van der Waals surface area (Å²) in [5, 5.41) is 33.3. The van der Waals surface area contributed by atoms with Gasteiger partial charge in [-0.15, -0.1) is 0 Å². The van der Waals surface area contributed by atoms with Gasteiger partial charge in [0.05, 0.1) is 18.8 Å². The first kappa shape index (κ1) is 58.8. The second-order valence-electron chi connectivity index (χ2n) is 18.8. The fourth-order valence-corrected chi connectivity index (χ4v) is 8.54. The first-order valence-electron chi connectivity index (χ1n) is 27.2. The van der Waals surface area contributed by atoms with Crippen LogP contribution in [0, 0.1) is 0 Å². The Labute approximate surface area is 375 Å². The molecule has 3 atom stereocenters. The van der Waals surface area contributed by atoms with Crippen LogP contribution in [0.15, 0.2) is 24.3 Å². The van der Waals surface area contributed by atoms with Crippen LogP contribution in [0.4, 0.5) is 0 Å². The molecule has 0 spiro atoms. The van der Waals surface area contributed by atoms with E-state index < -0.39 is 24.2 Å². The summed E-state index contributed by atoms with van der Waals surface area (Å²) in [4.78, 5) is 12.5. The molecule has 0 saturated carbocycles. The standard InChI is InChI=1S/C55H107NO4/c1-3-5-7-9-11-13-15-17-19-21-23-25-26-27-28-29-30-32-34-36-38-40-42-44-46-48-50-54(59)55(60)56-52(51-57)53(58)49-47-45-43-41-39-37-35-33-31-24-22-20-18-16-14-12-10-8-6-4-2/h27-28,47,49,52-54,57-59H,3-26,29-46,48,50-51H2,1-2H3,(H,56,60)/b28-27-,49-47+. The minimum atomic E-state index is -1.10. The van der Waals surface area contributed by atoms with Gasteiger partial charge < -0.3 is 20.6 Å². The first-order chi connectivity index (χ1) is 29.6. The Morgan fingerprint density at radius 3 is 0.967 bits per heavy atom. The highest BCUT2D eigenvalue weighted by molar-refractivity contribution is 5.80. The summed E-state index contributed by atoms with van der Waals surface area (Å²) in [5.41, 5.74) is 0. The van der Waals surface area contributed by atoms with Crippen molar-refractivity contribution >= 4 is 5.91 Å². The van der Waals surface area contributed by atoms with Gasteiger partial charge in [-0.2, -0.15) is 0 Å². The van der Waals surface area contributed by atoms with Crippen molar-refractivity contribution < 1.29 is 20.1 Å². The van der Waals surface area contributed by atoms with E-state index in [9.17, 15) is 20.1 Å². The number of rotatable bonds is 50. The molecule has 0 bridgehead atoms. The van der Waals surface area contributed by atoms with E-state index >= 15 is 0 Å². The van der Waals surface area contributed by atoms with Crippen LogP contribution in [-0.2, 0) is 4.79 Å². The summed E-state index contributed by atoms with van der Waals surface area (Å²) in [6.07, 6.45) is 63.9. The number of amides is 1. The van der Waals surface area contributed by atoms with E-state index in [1.54, 1.807) is 6.08 Å². The van der Waals surface area contributed by atoms with E-state index in [0.717, 1.165) is 32.1 Å². The van der Waals surface area contributed by atoms with Gasteiger partial charge in [0.2, 0.25) is 5.91 Å². The topological polar surface area (TPSA) is 89.8 Å². The maximum Gasteiger partial charge on any atom is 0.249 e. The number of unbranched alkanes of at least 4 members (excludes halogenated alkanes) is 40. The Morgan fingerprint density at radius 1 is 0.400 bits per heavy atom. The summed E-state index contributed by atoms with van der Waals surface area (Å²) >= 11 is 0. The molecule has 5 heteroatoms. The molecule has 3 unspecified atom stereocenters. The molecule has 1 amide bonds. The molecule has 5 nitrogen and oxygen atoms in total. The van der Waals surface area contributed by atoms with Crippen molar-refractivity contribution in [3.63, 3.8) is 0 Å². The van der Waals surface area contributed by atoms with Crippen LogP contribution < -0.4 is 5.32 Å². The Kier molecular flexibility index (Phi) is 49.5. The van der Waals surface area contributed by atoms with Gasteiger partial charge in [0.15, 0.2) is 0 Å². The summed E-state index contributed by atoms with van der Waals surface area (Å²) in [7, 11) is 0. The Bertz CT molecular complexity index is 890. The maximum atomic E-state index is 12.5. The number of hydrogen-bond acceptors (Lipinski definition) is 4. The van der Waals surface area contributed by atoms with Gasteiger partial charge in [-0.1, -0.05) is 276 Å². The van der Waals surface area contributed by atoms with Crippen molar-refractivity contribution in [3.05, 3.63) is 24.3 Å². The molecule has 0 radical (unpaired) electrons. The first-order valence-corrected chi connectivity index (χ1v) is 27.2. The number of aliphatic hydroxyl groups excluding tert-OH is 3. The quantitative estimate of drug-likeness (QED) is 0.0363. The Balaban J connectivity index is 3.58. The van der Waals surface area contributed by atoms with Gasteiger partial charge in [-0.3, -0.25) is 4.79 Å². The van der Waals surface area contributed by atoms with Gasteiger partial charge in [-0.05, 0) is 44.9 Å². The van der Waals surface area contributed by atoms with E-state index in [1.165, 1.54) is 244 Å². The summed E-state index contributed by atoms with van der Waals surface area (Å²) in [6, 6.07) is -0.797. The van der Waals surface area contributed by atoms with Crippen molar-refractivity contribution in [1.29, 1.82) is 0 Å². The lowest BCUT2D eigenvalue weighted by Gasteiger charge is -2.21. The number of aliphatic hydroxyl groups is 3. The van der Waals surface area contributed by atoms with Crippen LogP contribution in [0.1, 0.15) is 296 Å². The SMILES string of the molecule is CCCCCCCCCCCCCC/C=C\CCCCCCCCCCCCC(O)C(=O)NC(CO)C(O)/C=C/CCCCCCCCCCCCCCCCCCCC. The van der Waals surface area contributed by atoms with Crippen LogP contribution in [0.5, 0.6) is 0 Å². The molecule has 0 aliphatic carbocycles. The second-order valence-corrected chi connectivity index (χ2v) is 18.8. The molecule has 60 heavy (non-hydrogen) atoms. The summed E-state index contributed by atoms with van der Waals surface area (Å²) in [5.74, 6) is -0.500. The minimum absolute atomic E-state index is 0.361. The molecule has 0 aromatic rings. The number of hydrogen-bond donors (Lipinski definition) is 4. The maximum absolute atomic E-state index is 12.5. The zero-order valence-electron chi connectivity index (χ0n) is 40.6. The molecule has 0 aromatic heterocycles. The van der Waals surface area contributed by atoms with E-state index in [1.807, 2.05) is 6.08 Å². The van der Waals surface area contributed by atoms with Crippen molar-refractivity contribution in [2.45, 2.75) is 315 Å². The third-order valence-corrected chi connectivity index (χ3v) is 12.8. The molecule has 0 heterocycles. The van der Waals surface area contributed by atoms with Crippen molar-refractivity contribution in [2.75, 3.05) is 6.61 Å². The number of carbonyl (C=O) groups excluding carboxylic acids is 1. The van der Waals surface area contributed by atoms with Crippen molar-refractivity contribution in [1.82, 2.24) is 5.32 Å². The number of carbonyl (C=O) groups is 1. The molecule has 0 aliphatic rings. The fraction of sp³-hybridized carbons (Fsp3) is 0.909. The molecular formula is C55H107NO4. The minimum Gasteiger partial charge on any atom is -0.394 e. The number of allylic oxidation sites excluding steroid dienone is 3. The second kappa shape index (κ2) is 50.5. The monoisotopic (exact) mass is 846 g/mol. The lowest BCUT2D eigenvalue weighted by atomic mass is 10.0. The zero-order chi connectivity index (χ0) is 43.7. The van der Waals surface area contributed by atoms with Gasteiger partial charge in [0, 0.05) is 0 Å². The van der Waals surface area contributed by atoms with Gasteiger partial charge in [0.25, 0.3) is 0 Å². The van der Waals surface area contributed by atoms with Gasteiger partial charge in [0.1, 0.15) is 6.10 Å². The third kappa shape index (κ3) is 44.9. The molecular weight excluding hydrogens is 739 g/mol. The van der Waals surface area contributed by atoms with Crippen molar-refractivity contribution in [2.24, 2.45) is 0 Å². The van der Waals surface area contributed by atoms with Crippen LogP contribution in [0.2, 0.25) is 0 Å². The lowest BCUT2D eigenvalue weighted by Crippen LogP contribution is -2.48. The van der Waals surface area contributed by atoms with Crippen LogP contribution in [0.25, 0.3) is 0 Å². The zero-order valence-corrected chi connectivity index (χ0v) is 40.6. The Morgan fingerprint density at radius 2 is 0.667 bits per heavy atom. The van der Waals surface area contributed by atoms with Crippen LogP contribution in [-0.4, -0.2) is 46.1 Å². The molecule has 4 N–H and O–H groups in total. The fourth-order valence-electron chi connectivity index (χ4n) is 8.54. The van der Waals surface area contributed by atoms with E-state index in [2.05, 4.69) is 31.3 Å². The smallest absolute Gasteiger partial charge is 0.249 e. The van der Waals surface area contributed by atoms with Crippen molar-refractivity contribution in [3.8, 4) is 0 Å². The highest BCUT2D eigenvalue weighted by Gasteiger charge is 2.22. The molecule has 0 fully saturated rings. The molecule has 0 aliphatic heterocycles. The number of nitrogens with one attached hydrogen (secondary N) is 1. The highest BCUT2D eigenvalue weighted by atomic mass is 16.3. The normalized spacial score (nSPS) is 13.5. The largest absolute Gasteiger partial charge is 0.394 e. The van der Waals surface area contributed by atoms with E-state index in [4.69, 9.17) is 0 Å². The van der Waals surface area contributed by atoms with Crippen LogP contribution in [0.3, 0.4) is 0 Å². The average Bonchev–Trinajstić information content (AvgIpc) is 3.25. The summed E-state index contributed by atoms with van der Waals surface area (Å²) < 4.78 is 0. The van der Waals surface area contributed by atoms with E-state index in [0.29, 0.717) is 6.42 Å². The van der Waals surface area contributed by atoms with Crippen LogP contribution >= 0.6 is 0 Å². The third-order valence-electron chi connectivity index (χ3n) is 12.8. The molecule has 356 valence electrons. The molecule has 0 aromatic carbocycles. The summed E-state index contributed by atoms with van der Waals surface area (Å²) in [6.45, 7) is 4.22. The Hall–Kier alpha value is -1.17. The lowest BCUT2D eigenvalue weighted by molar-refractivity contribution is -0.131. The van der Waals surface area contributed by atoms with Gasteiger partial charge in [-0.25, -0.2) is 0 Å². The van der Waals surface area contributed by atoms with E-state index in [-0.39, 0.29) is 6.61 Å². The molecule has 0 rings (SSSR count). The average molecular weight is 846 g/mol. The van der Waals surface area contributed by atoms with Gasteiger partial charge >= 0.3 is 0 Å². The predicted molar refractivity (Wildman–Crippen MR) is 264 cm³/mol. The predicted octanol–water partition coefficient (Wildman–Crippen LogP) is 16.5. The highest BCUT2D eigenvalue weighted by Crippen LogP contribution is 2.17. The molecule has 0 saturated heterocycles.